The fourth-order valence-corrected chi connectivity index (χ4v) is 5.59. The lowest BCUT2D eigenvalue weighted by Crippen LogP contribution is -1.92. The first-order chi connectivity index (χ1) is 16.2. The Hall–Kier alpha value is -3.56. The first-order valence-corrected chi connectivity index (χ1v) is 12.3. The number of nitrogens with one attached hydrogen (secondary N) is 2. The van der Waals surface area contributed by atoms with E-state index in [1.165, 1.54) is 24.4 Å². The fraction of sp³-hybridized carbons (Fsp3) is 0.111. The second-order valence-electron chi connectivity index (χ2n) is 6.92. The maximum Gasteiger partial charge on any atom is 0.183 e. The van der Waals surface area contributed by atoms with Crippen molar-refractivity contribution in [1.82, 2.24) is 48.6 Å². The fourth-order valence-electron chi connectivity index (χ4n) is 3.28. The molecule has 33 heavy (non-hydrogen) atoms. The summed E-state index contributed by atoms with van der Waals surface area (Å²) in [6, 6.07) is 4.15. The van der Waals surface area contributed by atoms with Crippen LogP contribution in [0.5, 0.6) is 0 Å². The van der Waals surface area contributed by atoms with Crippen LogP contribution in [0, 0.1) is 0 Å². The molecule has 0 saturated heterocycles. The number of nitrogens with zero attached hydrogens (tertiary/aromatic N) is 8. The monoisotopic (exact) mass is 494 g/mol. The minimum atomic E-state index is 0.381. The van der Waals surface area contributed by atoms with Crippen LogP contribution < -0.4 is 11.5 Å². The molecule has 0 aliphatic carbocycles. The van der Waals surface area contributed by atoms with Gasteiger partial charge in [-0.2, -0.15) is 8.75 Å². The van der Waals surface area contributed by atoms with E-state index >= 15 is 0 Å². The van der Waals surface area contributed by atoms with Crippen molar-refractivity contribution in [2.75, 3.05) is 11.5 Å². The summed E-state index contributed by atoms with van der Waals surface area (Å²) >= 11 is 4.30. The number of thioether (sulfide) groups is 2. The second-order valence-corrected chi connectivity index (χ2v) is 9.38. The molecule has 12 nitrogen and oxygen atoms in total. The quantitative estimate of drug-likeness (QED) is 0.248. The van der Waals surface area contributed by atoms with Crippen molar-refractivity contribution in [2.24, 2.45) is 0 Å². The van der Waals surface area contributed by atoms with Crippen molar-refractivity contribution in [3.8, 4) is 0 Å². The number of rotatable bonds is 6. The molecule has 15 heteroatoms. The van der Waals surface area contributed by atoms with Crippen LogP contribution in [0.15, 0.2) is 35.1 Å². The molecule has 0 fully saturated rings. The van der Waals surface area contributed by atoms with Crippen molar-refractivity contribution < 1.29 is 0 Å². The number of H-pyrrole nitrogens is 2. The molecule has 6 rings (SSSR count). The number of benzene rings is 1. The van der Waals surface area contributed by atoms with E-state index in [0.29, 0.717) is 45.5 Å². The summed E-state index contributed by atoms with van der Waals surface area (Å²) in [6.07, 6.45) is 2.81. The highest BCUT2D eigenvalue weighted by molar-refractivity contribution is 7.98. The summed E-state index contributed by atoms with van der Waals surface area (Å²) in [5, 5.41) is 1.45. The molecule has 1 aromatic carbocycles. The molecule has 0 atom stereocenters. The Labute approximate surface area is 197 Å². The van der Waals surface area contributed by atoms with Gasteiger partial charge in [0, 0.05) is 11.5 Å². The lowest BCUT2D eigenvalue weighted by atomic mass is 10.1. The zero-order valence-electron chi connectivity index (χ0n) is 16.7. The molecule has 0 unspecified atom stereocenters. The summed E-state index contributed by atoms with van der Waals surface area (Å²) in [7, 11) is 0. The van der Waals surface area contributed by atoms with Crippen LogP contribution in [0.4, 0.5) is 11.6 Å². The van der Waals surface area contributed by atoms with Crippen LogP contribution in [0.1, 0.15) is 11.1 Å². The Bertz CT molecular complexity index is 1500. The average Bonchev–Trinajstić information content (AvgIpc) is 3.55. The first kappa shape index (κ1) is 20.1. The van der Waals surface area contributed by atoms with Crippen LogP contribution in [-0.4, -0.2) is 48.6 Å². The minimum Gasteiger partial charge on any atom is -0.382 e. The number of nitrogens with two attached hydrogens (primary N) is 2. The predicted octanol–water partition coefficient (Wildman–Crippen LogP) is 2.77. The summed E-state index contributed by atoms with van der Waals surface area (Å²) in [6.45, 7) is 0. The van der Waals surface area contributed by atoms with Crippen LogP contribution in [0.3, 0.4) is 0 Å². The molecule has 6 aromatic rings. The molecular formula is C18H14N12S3. The lowest BCUT2D eigenvalue weighted by Gasteiger charge is -2.05. The second kappa shape index (κ2) is 8.09. The van der Waals surface area contributed by atoms with E-state index in [-0.39, 0.29) is 0 Å². The Morgan fingerprint density at radius 3 is 1.67 bits per heavy atom. The maximum absolute atomic E-state index is 5.88. The topological polar surface area (TPSA) is 187 Å². The molecule has 0 radical (unpaired) electrons. The van der Waals surface area contributed by atoms with E-state index in [9.17, 15) is 0 Å². The number of aromatic nitrogens is 10. The molecule has 0 bridgehead atoms. The van der Waals surface area contributed by atoms with Gasteiger partial charge in [0.15, 0.2) is 33.2 Å². The van der Waals surface area contributed by atoms with E-state index in [1.807, 2.05) is 0 Å². The SMILES string of the molecule is Nc1ncnc2nc(SCc3ccc(CSc4nc5ncnc(N)c5[nH]4)c4nsnc34)[nH]c12. The molecule has 0 spiro atoms. The number of anilines is 2. The highest BCUT2D eigenvalue weighted by Gasteiger charge is 2.14. The van der Waals surface area contributed by atoms with Crippen LogP contribution in [0.2, 0.25) is 0 Å². The first-order valence-electron chi connectivity index (χ1n) is 9.56. The highest BCUT2D eigenvalue weighted by atomic mass is 32.2. The Morgan fingerprint density at radius 2 is 1.21 bits per heavy atom. The number of aromatic amines is 2. The Balaban J connectivity index is 1.21. The molecule has 6 N–H and O–H groups in total. The van der Waals surface area contributed by atoms with Crippen LogP contribution >= 0.6 is 35.3 Å². The van der Waals surface area contributed by atoms with Crippen molar-refractivity contribution in [3.63, 3.8) is 0 Å². The van der Waals surface area contributed by atoms with Gasteiger partial charge in [0.25, 0.3) is 0 Å². The molecule has 5 heterocycles. The molecule has 0 saturated carbocycles. The molecular weight excluding hydrogens is 480 g/mol. The van der Waals surface area contributed by atoms with Gasteiger partial charge in [0.1, 0.15) is 34.7 Å². The standard InChI is InChI=1S/C18H14N12S3/c19-13-11-15(23-5-21-13)27-17(25-11)31-3-7-1-2-8(10-9(7)29-33-30-10)4-32-18-26-12-14(20)22-6-24-16(12)28-18/h1-2,5-6H,3-4H2,(H3,19,21,23,25,27)(H3,20,22,24,26,28). The Morgan fingerprint density at radius 1 is 0.727 bits per heavy atom. The Kier molecular flexibility index (Phi) is 4.92. The third-order valence-corrected chi connectivity index (χ3v) is 7.28. The van der Waals surface area contributed by atoms with E-state index in [1.54, 1.807) is 23.5 Å². The average molecular weight is 495 g/mol. The number of imidazole rings is 2. The van der Waals surface area contributed by atoms with E-state index in [4.69, 9.17) is 11.5 Å². The zero-order chi connectivity index (χ0) is 22.4. The van der Waals surface area contributed by atoms with Crippen molar-refractivity contribution in [2.45, 2.75) is 21.8 Å². The van der Waals surface area contributed by atoms with E-state index in [2.05, 4.69) is 60.8 Å². The van der Waals surface area contributed by atoms with Crippen molar-refractivity contribution in [1.29, 1.82) is 0 Å². The molecule has 0 amide bonds. The molecule has 5 aromatic heterocycles. The third-order valence-electron chi connectivity index (χ3n) is 4.90. The number of hydrogen-bond donors (Lipinski definition) is 4. The van der Waals surface area contributed by atoms with Gasteiger partial charge in [-0.05, 0) is 11.1 Å². The minimum absolute atomic E-state index is 0.381. The van der Waals surface area contributed by atoms with Gasteiger partial charge in [-0.15, -0.1) is 0 Å². The van der Waals surface area contributed by atoms with Gasteiger partial charge in [-0.1, -0.05) is 35.7 Å². The normalized spacial score (nSPS) is 11.8. The summed E-state index contributed by atoms with van der Waals surface area (Å²) in [4.78, 5) is 31.6. The smallest absolute Gasteiger partial charge is 0.183 e. The summed E-state index contributed by atoms with van der Waals surface area (Å²) in [5.41, 5.74) is 18.1. The molecule has 164 valence electrons. The van der Waals surface area contributed by atoms with Crippen molar-refractivity contribution in [3.05, 3.63) is 35.9 Å². The van der Waals surface area contributed by atoms with E-state index < -0.39 is 0 Å². The van der Waals surface area contributed by atoms with Crippen LogP contribution in [-0.2, 0) is 11.5 Å². The highest BCUT2D eigenvalue weighted by Crippen LogP contribution is 2.31. The summed E-state index contributed by atoms with van der Waals surface area (Å²) in [5.74, 6) is 2.10. The van der Waals surface area contributed by atoms with Crippen molar-refractivity contribution >= 4 is 80.2 Å². The number of nitrogen functional groups attached to an aromatic ring is 2. The third kappa shape index (κ3) is 3.69. The van der Waals surface area contributed by atoms with Gasteiger partial charge < -0.3 is 21.4 Å². The van der Waals surface area contributed by atoms with Gasteiger partial charge >= 0.3 is 0 Å². The van der Waals surface area contributed by atoms with Gasteiger partial charge in [-0.25, -0.2) is 29.9 Å². The van der Waals surface area contributed by atoms with E-state index in [0.717, 1.165) is 32.5 Å². The molecule has 0 aliphatic rings. The zero-order valence-corrected chi connectivity index (χ0v) is 19.1. The number of fused-ring (bicyclic) bond motifs is 3. The maximum atomic E-state index is 5.88. The molecule has 0 aliphatic heterocycles. The lowest BCUT2D eigenvalue weighted by molar-refractivity contribution is 1.07. The largest absolute Gasteiger partial charge is 0.382 e. The predicted molar refractivity (Wildman–Crippen MR) is 129 cm³/mol. The number of hydrogen-bond acceptors (Lipinski definition) is 13. The van der Waals surface area contributed by atoms with Gasteiger partial charge in [-0.3, -0.25) is 0 Å². The summed E-state index contributed by atoms with van der Waals surface area (Å²) < 4.78 is 9.05. The van der Waals surface area contributed by atoms with Crippen LogP contribution in [0.25, 0.3) is 33.4 Å². The van der Waals surface area contributed by atoms with Gasteiger partial charge in [0.2, 0.25) is 0 Å². The van der Waals surface area contributed by atoms with Gasteiger partial charge in [0.05, 0.1) is 11.7 Å².